The van der Waals surface area contributed by atoms with E-state index in [0.717, 1.165) is 40.2 Å². The second kappa shape index (κ2) is 4.62. The van der Waals surface area contributed by atoms with Crippen molar-refractivity contribution >= 4 is 26.9 Å². The molecule has 2 atom stereocenters. The number of halogens is 1. The predicted octanol–water partition coefficient (Wildman–Crippen LogP) is 3.63. The van der Waals surface area contributed by atoms with E-state index in [1.807, 2.05) is 12.1 Å². The molecule has 0 bridgehead atoms. The first-order valence-electron chi connectivity index (χ1n) is 6.85. The van der Waals surface area contributed by atoms with Gasteiger partial charge in [-0.3, -0.25) is 0 Å². The number of furan rings is 1. The van der Waals surface area contributed by atoms with Crippen LogP contribution in [-0.2, 0) is 4.74 Å². The molecule has 3 nitrogen and oxygen atoms in total. The van der Waals surface area contributed by atoms with E-state index in [-0.39, 0.29) is 6.10 Å². The van der Waals surface area contributed by atoms with Gasteiger partial charge in [0.1, 0.15) is 17.4 Å². The fourth-order valence-electron chi connectivity index (χ4n) is 2.77. The van der Waals surface area contributed by atoms with Crippen molar-refractivity contribution in [2.75, 3.05) is 13.1 Å². The lowest BCUT2D eigenvalue weighted by molar-refractivity contribution is -0.0578. The highest BCUT2D eigenvalue weighted by Gasteiger charge is 2.36. The number of morpholine rings is 1. The van der Waals surface area contributed by atoms with E-state index in [9.17, 15) is 0 Å². The Labute approximate surface area is 120 Å². The molecule has 2 aliphatic rings. The van der Waals surface area contributed by atoms with Crippen molar-refractivity contribution in [1.29, 1.82) is 0 Å². The van der Waals surface area contributed by atoms with Crippen molar-refractivity contribution in [3.63, 3.8) is 0 Å². The maximum atomic E-state index is 6.19. The van der Waals surface area contributed by atoms with Crippen LogP contribution in [0.1, 0.15) is 24.7 Å². The standard InChI is InChI=1S/C15H16BrNO2/c16-11-3-4-12-10(5-11)6-13(18-12)15-8-17-7-14(19-15)9-1-2-9/h3-6,9,14-15,17H,1-2,7-8H2. The quantitative estimate of drug-likeness (QED) is 0.917. The van der Waals surface area contributed by atoms with Crippen LogP contribution in [0.5, 0.6) is 0 Å². The van der Waals surface area contributed by atoms with Gasteiger partial charge < -0.3 is 14.5 Å². The summed E-state index contributed by atoms with van der Waals surface area (Å²) in [6.07, 6.45) is 3.03. The van der Waals surface area contributed by atoms with E-state index in [2.05, 4.69) is 33.4 Å². The van der Waals surface area contributed by atoms with Gasteiger partial charge in [0.25, 0.3) is 0 Å². The molecule has 4 heteroatoms. The lowest BCUT2D eigenvalue weighted by atomic mass is 10.1. The molecular weight excluding hydrogens is 306 g/mol. The highest BCUT2D eigenvalue weighted by atomic mass is 79.9. The number of hydrogen-bond donors (Lipinski definition) is 1. The molecular formula is C15H16BrNO2. The topological polar surface area (TPSA) is 34.4 Å². The zero-order valence-electron chi connectivity index (χ0n) is 10.6. The second-order valence-corrected chi connectivity index (χ2v) is 6.41. The average Bonchev–Trinajstić information content (AvgIpc) is 3.19. The Morgan fingerprint density at radius 2 is 2.05 bits per heavy atom. The summed E-state index contributed by atoms with van der Waals surface area (Å²) < 4.78 is 13.2. The molecule has 1 aromatic carbocycles. The molecule has 1 saturated carbocycles. The summed E-state index contributed by atoms with van der Waals surface area (Å²) in [4.78, 5) is 0. The Balaban J connectivity index is 1.61. The highest BCUT2D eigenvalue weighted by Crippen LogP contribution is 2.38. The average molecular weight is 322 g/mol. The van der Waals surface area contributed by atoms with Gasteiger partial charge in [0.05, 0.1) is 6.10 Å². The van der Waals surface area contributed by atoms with E-state index in [0.29, 0.717) is 6.10 Å². The molecule has 0 spiro atoms. The molecule has 1 N–H and O–H groups in total. The van der Waals surface area contributed by atoms with Crippen LogP contribution >= 0.6 is 15.9 Å². The van der Waals surface area contributed by atoms with Gasteiger partial charge in [0.2, 0.25) is 0 Å². The molecule has 2 heterocycles. The molecule has 19 heavy (non-hydrogen) atoms. The summed E-state index contributed by atoms with van der Waals surface area (Å²) in [5, 5.41) is 4.59. The van der Waals surface area contributed by atoms with E-state index in [4.69, 9.17) is 9.15 Å². The molecule has 1 saturated heterocycles. The summed E-state index contributed by atoms with van der Waals surface area (Å²) >= 11 is 3.49. The van der Waals surface area contributed by atoms with E-state index >= 15 is 0 Å². The van der Waals surface area contributed by atoms with E-state index in [1.54, 1.807) is 0 Å². The Morgan fingerprint density at radius 3 is 2.89 bits per heavy atom. The van der Waals surface area contributed by atoms with Crippen molar-refractivity contribution in [1.82, 2.24) is 5.32 Å². The van der Waals surface area contributed by atoms with Crippen LogP contribution in [0.2, 0.25) is 0 Å². The maximum absolute atomic E-state index is 6.19. The van der Waals surface area contributed by atoms with Crippen LogP contribution in [0, 0.1) is 5.92 Å². The van der Waals surface area contributed by atoms with Crippen molar-refractivity contribution in [3.8, 4) is 0 Å². The number of rotatable bonds is 2. The third-order valence-electron chi connectivity index (χ3n) is 3.98. The van der Waals surface area contributed by atoms with Gasteiger partial charge in [-0.1, -0.05) is 15.9 Å². The Hall–Kier alpha value is -0.840. The molecule has 2 fully saturated rings. The Morgan fingerprint density at radius 1 is 1.16 bits per heavy atom. The van der Waals surface area contributed by atoms with Gasteiger partial charge in [0, 0.05) is 22.9 Å². The van der Waals surface area contributed by atoms with Gasteiger partial charge >= 0.3 is 0 Å². The van der Waals surface area contributed by atoms with Crippen molar-refractivity contribution in [2.24, 2.45) is 5.92 Å². The molecule has 1 aliphatic carbocycles. The number of fused-ring (bicyclic) bond motifs is 1. The number of nitrogens with one attached hydrogen (secondary N) is 1. The lowest BCUT2D eigenvalue weighted by Gasteiger charge is -2.29. The normalized spacial score (nSPS) is 27.8. The summed E-state index contributed by atoms with van der Waals surface area (Å²) in [7, 11) is 0. The Bertz CT molecular complexity index is 605. The minimum absolute atomic E-state index is 0.0468. The maximum Gasteiger partial charge on any atom is 0.135 e. The SMILES string of the molecule is Brc1ccc2oc(C3CNCC(C4CC4)O3)cc2c1. The Kier molecular flexibility index (Phi) is 2.90. The van der Waals surface area contributed by atoms with Gasteiger partial charge in [-0.05, 0) is 43.0 Å². The van der Waals surface area contributed by atoms with Gasteiger partial charge in [0.15, 0.2) is 0 Å². The van der Waals surface area contributed by atoms with Crippen LogP contribution in [-0.4, -0.2) is 19.2 Å². The van der Waals surface area contributed by atoms with Gasteiger partial charge in [-0.15, -0.1) is 0 Å². The lowest BCUT2D eigenvalue weighted by Crippen LogP contribution is -2.41. The predicted molar refractivity (Wildman–Crippen MR) is 77.1 cm³/mol. The summed E-state index contributed by atoms with van der Waals surface area (Å²) in [5.41, 5.74) is 0.926. The largest absolute Gasteiger partial charge is 0.458 e. The number of hydrogen-bond acceptors (Lipinski definition) is 3. The van der Waals surface area contributed by atoms with Crippen molar-refractivity contribution < 1.29 is 9.15 Å². The summed E-state index contributed by atoms with van der Waals surface area (Å²) in [6, 6.07) is 8.18. The third-order valence-corrected chi connectivity index (χ3v) is 4.47. The van der Waals surface area contributed by atoms with Gasteiger partial charge in [-0.25, -0.2) is 0 Å². The third kappa shape index (κ3) is 2.33. The molecule has 1 aromatic heterocycles. The fraction of sp³-hybridized carbons (Fsp3) is 0.467. The molecule has 0 radical (unpaired) electrons. The number of ether oxygens (including phenoxy) is 1. The second-order valence-electron chi connectivity index (χ2n) is 5.49. The fourth-order valence-corrected chi connectivity index (χ4v) is 3.15. The van der Waals surface area contributed by atoms with Crippen LogP contribution in [0.15, 0.2) is 33.2 Å². The van der Waals surface area contributed by atoms with Crippen LogP contribution in [0.4, 0.5) is 0 Å². The molecule has 2 aromatic rings. The summed E-state index contributed by atoms with van der Waals surface area (Å²) in [6.45, 7) is 1.82. The zero-order valence-corrected chi connectivity index (χ0v) is 12.2. The van der Waals surface area contributed by atoms with Gasteiger partial charge in [-0.2, -0.15) is 0 Å². The summed E-state index contributed by atoms with van der Waals surface area (Å²) in [5.74, 6) is 1.69. The van der Waals surface area contributed by atoms with E-state index < -0.39 is 0 Å². The first kappa shape index (κ1) is 11.9. The smallest absolute Gasteiger partial charge is 0.135 e. The van der Waals surface area contributed by atoms with E-state index in [1.165, 1.54) is 12.8 Å². The minimum Gasteiger partial charge on any atom is -0.458 e. The first-order chi connectivity index (χ1) is 9.29. The molecule has 1 aliphatic heterocycles. The van der Waals surface area contributed by atoms with Crippen LogP contribution in [0.3, 0.4) is 0 Å². The van der Waals surface area contributed by atoms with Crippen molar-refractivity contribution in [2.45, 2.75) is 25.0 Å². The molecule has 100 valence electrons. The highest BCUT2D eigenvalue weighted by molar-refractivity contribution is 9.10. The zero-order chi connectivity index (χ0) is 12.8. The number of benzene rings is 1. The monoisotopic (exact) mass is 321 g/mol. The minimum atomic E-state index is 0.0468. The van der Waals surface area contributed by atoms with Crippen LogP contribution in [0.25, 0.3) is 11.0 Å². The molecule has 0 amide bonds. The van der Waals surface area contributed by atoms with Crippen molar-refractivity contribution in [3.05, 3.63) is 34.5 Å². The van der Waals surface area contributed by atoms with Crippen LogP contribution < -0.4 is 5.32 Å². The molecule has 4 rings (SSSR count). The first-order valence-corrected chi connectivity index (χ1v) is 7.64. The molecule has 2 unspecified atom stereocenters.